The Morgan fingerprint density at radius 1 is 1.40 bits per heavy atom. The summed E-state index contributed by atoms with van der Waals surface area (Å²) in [4.78, 5) is 15.3. The number of carbonyl (C=O) groups excluding carboxylic acids is 1. The van der Waals surface area contributed by atoms with E-state index in [1.165, 1.54) is 16.7 Å². The molecule has 0 amide bonds. The lowest BCUT2D eigenvalue weighted by Crippen LogP contribution is -2.13. The van der Waals surface area contributed by atoms with E-state index in [1.807, 2.05) is 39.0 Å². The van der Waals surface area contributed by atoms with E-state index in [0.717, 1.165) is 0 Å². The Labute approximate surface area is 90.2 Å². The molecule has 1 rings (SSSR count). The summed E-state index contributed by atoms with van der Waals surface area (Å²) in [7, 11) is 0. The van der Waals surface area contributed by atoms with Gasteiger partial charge in [0.1, 0.15) is 0 Å². The maximum Gasteiger partial charge on any atom is 0.325 e. The normalized spacial score (nSPS) is 12.3. The number of carbonyl (C=O) groups is 1. The first kappa shape index (κ1) is 11.7. The highest BCUT2D eigenvalue weighted by molar-refractivity contribution is 5.70. The van der Waals surface area contributed by atoms with Crippen LogP contribution < -0.4 is 5.90 Å². The SMILES string of the molecule is Cc1cccc(C)c1[C@H](C)CC(=O)ON. The minimum Gasteiger partial charge on any atom is -0.373 e. The first-order valence-electron chi connectivity index (χ1n) is 5.02. The van der Waals surface area contributed by atoms with Gasteiger partial charge in [0, 0.05) is 0 Å². The number of rotatable bonds is 3. The Balaban J connectivity index is 2.90. The van der Waals surface area contributed by atoms with Gasteiger partial charge < -0.3 is 4.84 Å². The Bertz CT molecular complexity index is 340. The van der Waals surface area contributed by atoms with Crippen molar-refractivity contribution in [2.24, 2.45) is 5.90 Å². The fourth-order valence-corrected chi connectivity index (χ4v) is 2.00. The molecule has 0 aromatic heterocycles. The fraction of sp³-hybridized carbons (Fsp3) is 0.417. The van der Waals surface area contributed by atoms with Gasteiger partial charge in [0.15, 0.2) is 0 Å². The molecule has 3 nitrogen and oxygen atoms in total. The predicted molar refractivity (Wildman–Crippen MR) is 59.2 cm³/mol. The first-order chi connectivity index (χ1) is 7.06. The number of hydrogen-bond acceptors (Lipinski definition) is 3. The molecule has 0 aliphatic carbocycles. The van der Waals surface area contributed by atoms with Gasteiger partial charge in [0.05, 0.1) is 6.42 Å². The molecule has 1 aromatic rings. The van der Waals surface area contributed by atoms with E-state index in [0.29, 0.717) is 6.42 Å². The molecule has 82 valence electrons. The molecule has 0 aliphatic heterocycles. The molecule has 0 saturated carbocycles. The summed E-state index contributed by atoms with van der Waals surface area (Å²) in [6, 6.07) is 6.11. The van der Waals surface area contributed by atoms with Crippen LogP contribution in [0.2, 0.25) is 0 Å². The van der Waals surface area contributed by atoms with Gasteiger partial charge in [0.2, 0.25) is 0 Å². The average molecular weight is 207 g/mol. The molecular weight excluding hydrogens is 190 g/mol. The zero-order valence-corrected chi connectivity index (χ0v) is 9.41. The molecule has 3 heteroatoms. The van der Waals surface area contributed by atoms with Crippen LogP contribution in [-0.2, 0) is 9.63 Å². The second kappa shape index (κ2) is 4.94. The highest BCUT2D eigenvalue weighted by Gasteiger charge is 2.15. The van der Waals surface area contributed by atoms with Crippen LogP contribution in [0.5, 0.6) is 0 Å². The van der Waals surface area contributed by atoms with Crippen molar-refractivity contribution in [3.8, 4) is 0 Å². The minimum absolute atomic E-state index is 0.141. The predicted octanol–water partition coefficient (Wildman–Crippen LogP) is 2.21. The van der Waals surface area contributed by atoms with E-state index in [9.17, 15) is 4.79 Å². The van der Waals surface area contributed by atoms with Gasteiger partial charge in [-0.1, -0.05) is 25.1 Å². The van der Waals surface area contributed by atoms with Crippen LogP contribution in [0, 0.1) is 13.8 Å². The van der Waals surface area contributed by atoms with Crippen molar-refractivity contribution in [1.82, 2.24) is 0 Å². The van der Waals surface area contributed by atoms with Crippen LogP contribution in [0.4, 0.5) is 0 Å². The molecule has 2 N–H and O–H groups in total. The summed E-state index contributed by atoms with van der Waals surface area (Å²) in [5.74, 6) is 4.60. The second-order valence-corrected chi connectivity index (χ2v) is 3.90. The standard InChI is InChI=1S/C12H17NO2/c1-8-5-4-6-9(2)12(8)10(3)7-11(14)15-13/h4-6,10H,7,13H2,1-3H3/t10-/m1/s1. The maximum atomic E-state index is 11.1. The van der Waals surface area contributed by atoms with Crippen molar-refractivity contribution in [1.29, 1.82) is 0 Å². The molecule has 0 heterocycles. The molecule has 0 bridgehead atoms. The lowest BCUT2D eigenvalue weighted by atomic mass is 9.90. The smallest absolute Gasteiger partial charge is 0.325 e. The molecule has 0 saturated heterocycles. The lowest BCUT2D eigenvalue weighted by molar-refractivity contribution is -0.144. The summed E-state index contributed by atoms with van der Waals surface area (Å²) < 4.78 is 0. The van der Waals surface area contributed by atoms with Crippen molar-refractivity contribution in [2.75, 3.05) is 0 Å². The molecule has 0 aliphatic rings. The van der Waals surface area contributed by atoms with Crippen molar-refractivity contribution >= 4 is 5.97 Å². The van der Waals surface area contributed by atoms with Gasteiger partial charge >= 0.3 is 5.97 Å². The highest BCUT2D eigenvalue weighted by atomic mass is 16.7. The first-order valence-corrected chi connectivity index (χ1v) is 5.02. The third-order valence-electron chi connectivity index (χ3n) is 2.64. The van der Waals surface area contributed by atoms with Gasteiger partial charge in [-0.25, -0.2) is 0 Å². The molecule has 15 heavy (non-hydrogen) atoms. The van der Waals surface area contributed by atoms with Gasteiger partial charge in [0.25, 0.3) is 0 Å². The van der Waals surface area contributed by atoms with Crippen LogP contribution in [0.15, 0.2) is 18.2 Å². The van der Waals surface area contributed by atoms with Crippen molar-refractivity contribution in [3.63, 3.8) is 0 Å². The van der Waals surface area contributed by atoms with Crippen molar-refractivity contribution < 1.29 is 9.63 Å². The Morgan fingerprint density at radius 3 is 2.40 bits per heavy atom. The van der Waals surface area contributed by atoms with Crippen molar-refractivity contribution in [2.45, 2.75) is 33.1 Å². The van der Waals surface area contributed by atoms with E-state index in [1.54, 1.807) is 0 Å². The summed E-state index contributed by atoms with van der Waals surface area (Å²) in [6.45, 7) is 6.10. The number of nitrogens with two attached hydrogens (primary N) is 1. The summed E-state index contributed by atoms with van der Waals surface area (Å²) in [5, 5.41) is 0. The Hall–Kier alpha value is -1.35. The van der Waals surface area contributed by atoms with E-state index in [4.69, 9.17) is 5.90 Å². The number of benzene rings is 1. The molecule has 0 radical (unpaired) electrons. The van der Waals surface area contributed by atoms with Crippen LogP contribution in [0.3, 0.4) is 0 Å². The zero-order valence-electron chi connectivity index (χ0n) is 9.41. The monoisotopic (exact) mass is 207 g/mol. The van der Waals surface area contributed by atoms with Crippen LogP contribution in [0.25, 0.3) is 0 Å². The second-order valence-electron chi connectivity index (χ2n) is 3.90. The zero-order chi connectivity index (χ0) is 11.4. The molecule has 0 fully saturated rings. The quantitative estimate of drug-likeness (QED) is 0.773. The van der Waals surface area contributed by atoms with E-state index in [-0.39, 0.29) is 11.9 Å². The Morgan fingerprint density at radius 2 is 1.93 bits per heavy atom. The molecule has 0 spiro atoms. The van der Waals surface area contributed by atoms with Crippen LogP contribution in [-0.4, -0.2) is 5.97 Å². The lowest BCUT2D eigenvalue weighted by Gasteiger charge is -2.16. The number of aryl methyl sites for hydroxylation is 2. The number of hydrogen-bond donors (Lipinski definition) is 1. The van der Waals surface area contributed by atoms with Crippen LogP contribution >= 0.6 is 0 Å². The topological polar surface area (TPSA) is 52.3 Å². The average Bonchev–Trinajstić information content (AvgIpc) is 2.17. The highest BCUT2D eigenvalue weighted by Crippen LogP contribution is 2.26. The van der Waals surface area contributed by atoms with E-state index < -0.39 is 0 Å². The fourth-order valence-electron chi connectivity index (χ4n) is 2.00. The third kappa shape index (κ3) is 2.80. The van der Waals surface area contributed by atoms with Gasteiger partial charge in [-0.3, -0.25) is 4.79 Å². The van der Waals surface area contributed by atoms with E-state index >= 15 is 0 Å². The summed E-state index contributed by atoms with van der Waals surface area (Å²) in [5.41, 5.74) is 3.61. The molecular formula is C12H17NO2. The van der Waals surface area contributed by atoms with Gasteiger partial charge in [-0.15, -0.1) is 0 Å². The van der Waals surface area contributed by atoms with Gasteiger partial charge in [-0.2, -0.15) is 5.90 Å². The minimum atomic E-state index is -0.370. The molecule has 1 atom stereocenters. The maximum absolute atomic E-state index is 11.1. The largest absolute Gasteiger partial charge is 0.373 e. The molecule has 1 aromatic carbocycles. The summed E-state index contributed by atoms with van der Waals surface area (Å²) >= 11 is 0. The Kier molecular flexibility index (Phi) is 3.86. The van der Waals surface area contributed by atoms with Crippen molar-refractivity contribution in [3.05, 3.63) is 34.9 Å². The van der Waals surface area contributed by atoms with Gasteiger partial charge in [-0.05, 0) is 36.5 Å². The summed E-state index contributed by atoms with van der Waals surface area (Å²) in [6.07, 6.45) is 0.322. The van der Waals surface area contributed by atoms with E-state index in [2.05, 4.69) is 4.84 Å². The molecule has 0 unspecified atom stereocenters. The third-order valence-corrected chi connectivity index (χ3v) is 2.64. The van der Waals surface area contributed by atoms with Crippen LogP contribution in [0.1, 0.15) is 36.0 Å².